The van der Waals surface area contributed by atoms with Crippen LogP contribution < -0.4 is 5.56 Å². The number of aromatic nitrogens is 3. The molecule has 2 heterocycles. The first-order chi connectivity index (χ1) is 11.6. The third-order valence-electron chi connectivity index (χ3n) is 3.68. The maximum atomic E-state index is 12.5. The molecule has 0 saturated heterocycles. The average molecular weight is 321 g/mol. The first-order valence-corrected chi connectivity index (χ1v) is 7.38. The van der Waals surface area contributed by atoms with Crippen molar-refractivity contribution in [1.29, 1.82) is 0 Å². The Labute approximate surface area is 137 Å². The molecule has 3 rings (SSSR count). The lowest BCUT2D eigenvalue weighted by Crippen LogP contribution is -2.17. The van der Waals surface area contributed by atoms with Gasteiger partial charge in [0.25, 0.3) is 5.56 Å². The van der Waals surface area contributed by atoms with Crippen LogP contribution in [0.15, 0.2) is 53.5 Å². The Morgan fingerprint density at radius 1 is 1.17 bits per heavy atom. The van der Waals surface area contributed by atoms with Gasteiger partial charge in [0.2, 0.25) is 5.75 Å². The van der Waals surface area contributed by atoms with Gasteiger partial charge in [-0.2, -0.15) is 0 Å². The van der Waals surface area contributed by atoms with Gasteiger partial charge in [-0.05, 0) is 30.2 Å². The fraction of sp³-hybridized carbons (Fsp3) is 0.111. The molecule has 0 unspecified atom stereocenters. The van der Waals surface area contributed by atoms with Crippen molar-refractivity contribution in [3.05, 3.63) is 75.8 Å². The van der Waals surface area contributed by atoms with Crippen molar-refractivity contribution in [1.82, 2.24) is 15.0 Å². The van der Waals surface area contributed by atoms with E-state index in [1.165, 1.54) is 0 Å². The molecule has 0 aliphatic carbocycles. The smallest absolute Gasteiger partial charge is 0.294 e. The van der Waals surface area contributed by atoms with Crippen LogP contribution in [0.25, 0.3) is 11.5 Å². The van der Waals surface area contributed by atoms with Crippen LogP contribution in [0, 0.1) is 6.92 Å². The van der Waals surface area contributed by atoms with Crippen molar-refractivity contribution < 1.29 is 9.90 Å². The van der Waals surface area contributed by atoms with Crippen molar-refractivity contribution in [3.8, 4) is 17.3 Å². The molecule has 0 fully saturated rings. The molecular formula is C18H15N3O3. The van der Waals surface area contributed by atoms with Crippen LogP contribution in [0.3, 0.4) is 0 Å². The average Bonchev–Trinajstić information content (AvgIpc) is 2.60. The summed E-state index contributed by atoms with van der Waals surface area (Å²) in [5.74, 6) is -0.954. The summed E-state index contributed by atoms with van der Waals surface area (Å²) in [4.78, 5) is 35.1. The summed E-state index contributed by atoms with van der Waals surface area (Å²) in [6.07, 6.45) is 1.61. The van der Waals surface area contributed by atoms with Gasteiger partial charge in [-0.25, -0.2) is 4.98 Å². The molecule has 120 valence electrons. The zero-order valence-corrected chi connectivity index (χ0v) is 13.0. The highest BCUT2D eigenvalue weighted by molar-refractivity contribution is 5.98. The van der Waals surface area contributed by atoms with Gasteiger partial charge < -0.3 is 10.1 Å². The van der Waals surface area contributed by atoms with E-state index in [4.69, 9.17) is 0 Å². The molecule has 0 amide bonds. The van der Waals surface area contributed by atoms with Gasteiger partial charge in [-0.15, -0.1) is 0 Å². The number of carbonyl (C=O) groups excluding carboxylic acids is 1. The maximum absolute atomic E-state index is 12.5. The number of nitrogens with one attached hydrogen (secondary N) is 1. The molecule has 3 aromatic rings. The second-order valence-electron chi connectivity index (χ2n) is 5.35. The van der Waals surface area contributed by atoms with E-state index in [2.05, 4.69) is 15.0 Å². The number of carbonyl (C=O) groups is 1. The summed E-state index contributed by atoms with van der Waals surface area (Å²) >= 11 is 0. The predicted molar refractivity (Wildman–Crippen MR) is 89.0 cm³/mol. The van der Waals surface area contributed by atoms with Gasteiger partial charge >= 0.3 is 0 Å². The standard InChI is InChI=1S/C18H15N3O3/c1-11-6-2-3-7-12(11)10-14(22)15-16(23)18(24)21-17(20-15)13-8-4-5-9-19-13/h2-9,23H,10H2,1H3,(H,20,21,24). The summed E-state index contributed by atoms with van der Waals surface area (Å²) in [5, 5.41) is 9.94. The topological polar surface area (TPSA) is 95.9 Å². The van der Waals surface area contributed by atoms with E-state index in [1.807, 2.05) is 31.2 Å². The Balaban J connectivity index is 2.01. The second kappa shape index (κ2) is 6.45. The number of benzene rings is 1. The zero-order valence-electron chi connectivity index (χ0n) is 13.0. The number of Topliss-reactive ketones (excluding diaryl/α,β-unsaturated/α-hetero) is 1. The van der Waals surface area contributed by atoms with E-state index in [0.29, 0.717) is 5.69 Å². The molecule has 2 aromatic heterocycles. The monoisotopic (exact) mass is 321 g/mol. The lowest BCUT2D eigenvalue weighted by Gasteiger charge is -2.07. The van der Waals surface area contributed by atoms with E-state index >= 15 is 0 Å². The number of hydrogen-bond donors (Lipinski definition) is 2. The molecule has 0 spiro atoms. The van der Waals surface area contributed by atoms with Gasteiger partial charge in [0.15, 0.2) is 17.3 Å². The summed E-state index contributed by atoms with van der Waals surface area (Å²) in [6, 6.07) is 12.6. The Morgan fingerprint density at radius 2 is 1.92 bits per heavy atom. The number of nitrogens with zero attached hydrogens (tertiary/aromatic N) is 2. The second-order valence-corrected chi connectivity index (χ2v) is 5.35. The lowest BCUT2D eigenvalue weighted by molar-refractivity contribution is 0.0984. The molecule has 6 heteroatoms. The molecule has 0 saturated carbocycles. The van der Waals surface area contributed by atoms with Gasteiger partial charge in [-0.1, -0.05) is 30.3 Å². The van der Waals surface area contributed by atoms with E-state index < -0.39 is 17.1 Å². The minimum Gasteiger partial charge on any atom is -0.501 e. The summed E-state index contributed by atoms with van der Waals surface area (Å²) in [5.41, 5.74) is 1.18. The third kappa shape index (κ3) is 3.08. The highest BCUT2D eigenvalue weighted by atomic mass is 16.3. The Morgan fingerprint density at radius 3 is 2.62 bits per heavy atom. The molecule has 0 bridgehead atoms. The molecule has 0 radical (unpaired) electrons. The van der Waals surface area contributed by atoms with Crippen molar-refractivity contribution >= 4 is 5.78 Å². The van der Waals surface area contributed by atoms with E-state index in [0.717, 1.165) is 11.1 Å². The number of rotatable bonds is 4. The zero-order chi connectivity index (χ0) is 17.1. The predicted octanol–water partition coefficient (Wildman–Crippen LogP) is 2.27. The van der Waals surface area contributed by atoms with Gasteiger partial charge in [0.1, 0.15) is 5.69 Å². The Kier molecular flexibility index (Phi) is 4.20. The molecular weight excluding hydrogens is 306 g/mol. The third-order valence-corrected chi connectivity index (χ3v) is 3.68. The van der Waals surface area contributed by atoms with Crippen molar-refractivity contribution in [2.75, 3.05) is 0 Å². The number of pyridine rings is 1. The Hall–Kier alpha value is -3.28. The SMILES string of the molecule is Cc1ccccc1CC(=O)c1nc(-c2ccccn2)[nH]c(=O)c1O. The van der Waals surface area contributed by atoms with Gasteiger partial charge in [0.05, 0.1) is 0 Å². The van der Waals surface area contributed by atoms with E-state index in [-0.39, 0.29) is 17.9 Å². The number of H-pyrrole nitrogens is 1. The first kappa shape index (κ1) is 15.6. The quantitative estimate of drug-likeness (QED) is 0.719. The minimum atomic E-state index is -0.765. The maximum Gasteiger partial charge on any atom is 0.294 e. The van der Waals surface area contributed by atoms with E-state index in [1.54, 1.807) is 24.4 Å². The Bertz CT molecular complexity index is 949. The van der Waals surface area contributed by atoms with Crippen molar-refractivity contribution in [3.63, 3.8) is 0 Å². The summed E-state index contributed by atoms with van der Waals surface area (Å²) < 4.78 is 0. The number of aromatic amines is 1. The summed E-state index contributed by atoms with van der Waals surface area (Å²) in [7, 11) is 0. The van der Waals surface area contributed by atoms with Gasteiger partial charge in [-0.3, -0.25) is 14.6 Å². The van der Waals surface area contributed by atoms with Crippen LogP contribution in [0.4, 0.5) is 0 Å². The highest BCUT2D eigenvalue weighted by Gasteiger charge is 2.19. The van der Waals surface area contributed by atoms with Crippen molar-refractivity contribution in [2.24, 2.45) is 0 Å². The van der Waals surface area contributed by atoms with Crippen molar-refractivity contribution in [2.45, 2.75) is 13.3 Å². The number of aromatic hydroxyl groups is 1. The molecule has 0 aliphatic rings. The molecule has 1 aromatic carbocycles. The van der Waals surface area contributed by atoms with E-state index in [9.17, 15) is 14.7 Å². The fourth-order valence-corrected chi connectivity index (χ4v) is 2.35. The number of hydrogen-bond acceptors (Lipinski definition) is 5. The molecule has 24 heavy (non-hydrogen) atoms. The molecule has 6 nitrogen and oxygen atoms in total. The lowest BCUT2D eigenvalue weighted by atomic mass is 10.0. The normalized spacial score (nSPS) is 10.5. The molecule has 0 aliphatic heterocycles. The molecule has 0 atom stereocenters. The summed E-state index contributed by atoms with van der Waals surface area (Å²) in [6.45, 7) is 1.90. The first-order valence-electron chi connectivity index (χ1n) is 7.38. The number of aryl methyl sites for hydroxylation is 1. The molecule has 2 N–H and O–H groups in total. The largest absolute Gasteiger partial charge is 0.501 e. The minimum absolute atomic E-state index is 0.0539. The van der Waals surface area contributed by atoms with Gasteiger partial charge in [0, 0.05) is 12.6 Å². The van der Waals surface area contributed by atoms with Crippen LogP contribution in [-0.2, 0) is 6.42 Å². The highest BCUT2D eigenvalue weighted by Crippen LogP contribution is 2.18. The van der Waals surface area contributed by atoms with Crippen LogP contribution in [0.1, 0.15) is 21.6 Å². The van der Waals surface area contributed by atoms with Crippen LogP contribution in [0.2, 0.25) is 0 Å². The van der Waals surface area contributed by atoms with Crippen LogP contribution in [0.5, 0.6) is 5.75 Å². The number of ketones is 1. The van der Waals surface area contributed by atoms with Crippen LogP contribution >= 0.6 is 0 Å². The fourth-order valence-electron chi connectivity index (χ4n) is 2.35. The van der Waals surface area contributed by atoms with Crippen LogP contribution in [-0.4, -0.2) is 25.8 Å².